The van der Waals surface area contributed by atoms with Gasteiger partial charge in [0.2, 0.25) is 11.8 Å². The number of carbonyl (C=O) groups excluding carboxylic acids is 2. The fourth-order valence-electron chi connectivity index (χ4n) is 2.49. The molecule has 2 rings (SSSR count). The largest absolute Gasteiger partial charge is 0.325 e. The molecule has 2 aromatic carbocycles. The summed E-state index contributed by atoms with van der Waals surface area (Å²) in [5.41, 5.74) is 3.57. The average Bonchev–Trinajstić information content (AvgIpc) is 2.56. The van der Waals surface area contributed by atoms with E-state index in [4.69, 9.17) is 0 Å². The average molecular weight is 418 g/mol. The van der Waals surface area contributed by atoms with Crippen LogP contribution in [-0.2, 0) is 9.59 Å². The van der Waals surface area contributed by atoms with Crippen molar-refractivity contribution in [2.45, 2.75) is 26.8 Å². The monoisotopic (exact) mass is 417 g/mol. The summed E-state index contributed by atoms with van der Waals surface area (Å²) in [4.78, 5) is 26.4. The standard InChI is InChI=1S/C20H24BrN3O2/c1-13-6-5-7-17(10-13)22-20(26)15(3)24(4)12-19(25)23-18-9-8-16(21)11-14(18)2/h5-11,15H,12H2,1-4H3,(H,22,26)(H,23,25). The van der Waals surface area contributed by atoms with E-state index in [1.165, 1.54) is 0 Å². The molecule has 0 fully saturated rings. The Balaban J connectivity index is 1.91. The first-order chi connectivity index (χ1) is 12.3. The quantitative estimate of drug-likeness (QED) is 0.747. The Labute approximate surface area is 162 Å². The third-order valence-electron chi connectivity index (χ3n) is 4.18. The van der Waals surface area contributed by atoms with Gasteiger partial charge in [0.05, 0.1) is 12.6 Å². The maximum absolute atomic E-state index is 12.4. The molecule has 0 aliphatic rings. The van der Waals surface area contributed by atoms with Crippen molar-refractivity contribution in [1.82, 2.24) is 4.90 Å². The SMILES string of the molecule is Cc1cccc(NC(=O)C(C)N(C)CC(=O)Nc2ccc(Br)cc2C)c1. The van der Waals surface area contributed by atoms with Crippen molar-refractivity contribution in [3.63, 3.8) is 0 Å². The molecule has 0 radical (unpaired) electrons. The van der Waals surface area contributed by atoms with Crippen molar-refractivity contribution in [3.05, 3.63) is 58.1 Å². The number of aryl methyl sites for hydroxylation is 2. The predicted octanol–water partition coefficient (Wildman–Crippen LogP) is 3.96. The van der Waals surface area contributed by atoms with E-state index >= 15 is 0 Å². The van der Waals surface area contributed by atoms with Crippen molar-refractivity contribution in [1.29, 1.82) is 0 Å². The summed E-state index contributed by atoms with van der Waals surface area (Å²) in [5, 5.41) is 5.77. The van der Waals surface area contributed by atoms with Crippen LogP contribution in [-0.4, -0.2) is 36.3 Å². The van der Waals surface area contributed by atoms with Gasteiger partial charge < -0.3 is 10.6 Å². The first kappa shape index (κ1) is 20.1. The molecule has 0 aliphatic heterocycles. The second kappa shape index (κ2) is 8.96. The van der Waals surface area contributed by atoms with Gasteiger partial charge in [-0.25, -0.2) is 0 Å². The molecule has 2 aromatic rings. The van der Waals surface area contributed by atoms with Gasteiger partial charge in [0.15, 0.2) is 0 Å². The van der Waals surface area contributed by atoms with E-state index in [1.54, 1.807) is 18.9 Å². The molecule has 0 saturated heterocycles. The Hall–Kier alpha value is -2.18. The van der Waals surface area contributed by atoms with Crippen LogP contribution in [0.5, 0.6) is 0 Å². The number of halogens is 1. The van der Waals surface area contributed by atoms with Crippen LogP contribution in [0.25, 0.3) is 0 Å². The van der Waals surface area contributed by atoms with Crippen LogP contribution in [0.15, 0.2) is 46.9 Å². The van der Waals surface area contributed by atoms with Crippen LogP contribution < -0.4 is 10.6 Å². The van der Waals surface area contributed by atoms with Crippen LogP contribution in [0.4, 0.5) is 11.4 Å². The Morgan fingerprint density at radius 2 is 1.85 bits per heavy atom. The van der Waals surface area contributed by atoms with E-state index < -0.39 is 6.04 Å². The lowest BCUT2D eigenvalue weighted by Gasteiger charge is -2.23. The Morgan fingerprint density at radius 3 is 2.50 bits per heavy atom. The number of anilines is 2. The van der Waals surface area contributed by atoms with Gasteiger partial charge >= 0.3 is 0 Å². The smallest absolute Gasteiger partial charge is 0.241 e. The molecule has 0 heterocycles. The van der Waals surface area contributed by atoms with Gasteiger partial charge in [0.25, 0.3) is 0 Å². The zero-order valence-electron chi connectivity index (χ0n) is 15.5. The van der Waals surface area contributed by atoms with Gasteiger partial charge in [-0.05, 0) is 69.3 Å². The van der Waals surface area contributed by atoms with Crippen LogP contribution in [0.2, 0.25) is 0 Å². The number of nitrogens with zero attached hydrogens (tertiary/aromatic N) is 1. The van der Waals surface area contributed by atoms with Gasteiger partial charge in [-0.1, -0.05) is 28.1 Å². The third kappa shape index (κ3) is 5.68. The lowest BCUT2D eigenvalue weighted by Crippen LogP contribution is -2.43. The summed E-state index contributed by atoms with van der Waals surface area (Å²) < 4.78 is 0.964. The van der Waals surface area contributed by atoms with E-state index in [2.05, 4.69) is 26.6 Å². The van der Waals surface area contributed by atoms with Crippen molar-refractivity contribution in [2.75, 3.05) is 24.2 Å². The summed E-state index contributed by atoms with van der Waals surface area (Å²) in [6.45, 7) is 5.81. The first-order valence-electron chi connectivity index (χ1n) is 8.40. The van der Waals surface area contributed by atoms with Crippen molar-refractivity contribution in [2.24, 2.45) is 0 Å². The fraction of sp³-hybridized carbons (Fsp3) is 0.300. The molecule has 0 bridgehead atoms. The van der Waals surface area contributed by atoms with E-state index in [1.807, 2.05) is 56.3 Å². The topological polar surface area (TPSA) is 61.4 Å². The number of rotatable bonds is 6. The molecule has 2 N–H and O–H groups in total. The van der Waals surface area contributed by atoms with Gasteiger partial charge in [0.1, 0.15) is 0 Å². The van der Waals surface area contributed by atoms with Crippen molar-refractivity contribution < 1.29 is 9.59 Å². The highest BCUT2D eigenvalue weighted by Gasteiger charge is 2.20. The minimum atomic E-state index is -0.438. The summed E-state index contributed by atoms with van der Waals surface area (Å²) >= 11 is 3.40. The molecule has 0 aromatic heterocycles. The zero-order chi connectivity index (χ0) is 19.3. The minimum absolute atomic E-state index is 0.123. The predicted molar refractivity (Wildman–Crippen MR) is 109 cm³/mol. The molecule has 5 nitrogen and oxygen atoms in total. The van der Waals surface area contributed by atoms with Gasteiger partial charge in [-0.2, -0.15) is 0 Å². The molecule has 1 atom stereocenters. The molecule has 0 saturated carbocycles. The number of nitrogens with one attached hydrogen (secondary N) is 2. The van der Waals surface area contributed by atoms with E-state index in [0.29, 0.717) is 0 Å². The number of benzene rings is 2. The Bertz CT molecular complexity index is 807. The second-order valence-electron chi connectivity index (χ2n) is 6.46. The van der Waals surface area contributed by atoms with Gasteiger partial charge in [-0.3, -0.25) is 14.5 Å². The molecule has 0 aliphatic carbocycles. The summed E-state index contributed by atoms with van der Waals surface area (Å²) in [5.74, 6) is -0.307. The Morgan fingerprint density at radius 1 is 1.12 bits per heavy atom. The van der Waals surface area contributed by atoms with E-state index in [-0.39, 0.29) is 18.4 Å². The lowest BCUT2D eigenvalue weighted by atomic mass is 10.2. The summed E-state index contributed by atoms with van der Waals surface area (Å²) in [6, 6.07) is 12.9. The molecular weight excluding hydrogens is 394 g/mol. The number of likely N-dealkylation sites (N-methyl/N-ethyl adjacent to an activating group) is 1. The second-order valence-corrected chi connectivity index (χ2v) is 7.37. The number of carbonyl (C=O) groups is 2. The van der Waals surface area contributed by atoms with Crippen LogP contribution in [0.1, 0.15) is 18.1 Å². The molecule has 1 unspecified atom stereocenters. The van der Waals surface area contributed by atoms with Crippen LogP contribution >= 0.6 is 15.9 Å². The number of amides is 2. The summed E-state index contributed by atoms with van der Waals surface area (Å²) in [6.07, 6.45) is 0. The van der Waals surface area contributed by atoms with Gasteiger partial charge in [-0.15, -0.1) is 0 Å². The molecule has 6 heteroatoms. The highest BCUT2D eigenvalue weighted by Crippen LogP contribution is 2.20. The maximum atomic E-state index is 12.4. The highest BCUT2D eigenvalue weighted by atomic mass is 79.9. The fourth-order valence-corrected chi connectivity index (χ4v) is 2.97. The lowest BCUT2D eigenvalue weighted by molar-refractivity contribution is -0.122. The number of hydrogen-bond donors (Lipinski definition) is 2. The number of hydrogen-bond acceptors (Lipinski definition) is 3. The molecule has 138 valence electrons. The van der Waals surface area contributed by atoms with Crippen LogP contribution in [0.3, 0.4) is 0 Å². The van der Waals surface area contributed by atoms with Crippen molar-refractivity contribution in [3.8, 4) is 0 Å². The van der Waals surface area contributed by atoms with Gasteiger partial charge in [0, 0.05) is 15.8 Å². The first-order valence-corrected chi connectivity index (χ1v) is 9.19. The maximum Gasteiger partial charge on any atom is 0.241 e. The van der Waals surface area contributed by atoms with Crippen LogP contribution in [0, 0.1) is 13.8 Å². The Kier molecular flexibility index (Phi) is 6.94. The third-order valence-corrected chi connectivity index (χ3v) is 4.68. The molecule has 0 spiro atoms. The molecule has 2 amide bonds. The van der Waals surface area contributed by atoms with E-state index in [9.17, 15) is 9.59 Å². The summed E-state index contributed by atoms with van der Waals surface area (Å²) in [7, 11) is 1.76. The minimum Gasteiger partial charge on any atom is -0.325 e. The zero-order valence-corrected chi connectivity index (χ0v) is 17.1. The highest BCUT2D eigenvalue weighted by molar-refractivity contribution is 9.10. The molecule has 26 heavy (non-hydrogen) atoms. The van der Waals surface area contributed by atoms with E-state index in [0.717, 1.165) is 27.0 Å². The molecular formula is C20H24BrN3O2. The normalized spacial score (nSPS) is 11.9. The van der Waals surface area contributed by atoms with Crippen molar-refractivity contribution >= 4 is 39.1 Å².